The van der Waals surface area contributed by atoms with Crippen LogP contribution in [0.4, 0.5) is 8.78 Å². The molecule has 0 saturated heterocycles. The maximum Gasteiger partial charge on any atom is 0.133 e. The predicted molar refractivity (Wildman–Crippen MR) is 63.7 cm³/mol. The van der Waals surface area contributed by atoms with E-state index in [1.807, 2.05) is 6.07 Å². The fourth-order valence-corrected chi connectivity index (χ4v) is 1.93. The molecule has 3 heteroatoms. The normalized spacial score (nSPS) is 10.9. The zero-order valence-electron chi connectivity index (χ0n) is 8.87. The van der Waals surface area contributed by atoms with E-state index in [0.717, 1.165) is 16.6 Å². The molecule has 1 aromatic heterocycles. The molecule has 1 N–H and O–H groups in total. The first-order valence-electron chi connectivity index (χ1n) is 5.26. The van der Waals surface area contributed by atoms with Gasteiger partial charge in [0.2, 0.25) is 0 Å². The van der Waals surface area contributed by atoms with Crippen LogP contribution in [-0.2, 0) is 0 Å². The second-order valence-corrected chi connectivity index (χ2v) is 3.90. The molecule has 0 aliphatic rings. The van der Waals surface area contributed by atoms with Crippen LogP contribution in [0.1, 0.15) is 0 Å². The molecular weight excluding hydrogens is 220 g/mol. The van der Waals surface area contributed by atoms with Gasteiger partial charge in [0.1, 0.15) is 11.6 Å². The molecule has 0 amide bonds. The number of nitrogens with one attached hydrogen (secondary N) is 1. The minimum atomic E-state index is -0.296. The third-order valence-corrected chi connectivity index (χ3v) is 2.80. The Morgan fingerprint density at radius 3 is 2.35 bits per heavy atom. The molecule has 0 aliphatic carbocycles. The summed E-state index contributed by atoms with van der Waals surface area (Å²) in [6.45, 7) is 0. The second-order valence-electron chi connectivity index (χ2n) is 3.90. The quantitative estimate of drug-likeness (QED) is 0.646. The van der Waals surface area contributed by atoms with Crippen molar-refractivity contribution in [2.75, 3.05) is 0 Å². The van der Waals surface area contributed by atoms with Crippen LogP contribution in [0.5, 0.6) is 0 Å². The molecule has 0 unspecified atom stereocenters. The highest BCUT2D eigenvalue weighted by Gasteiger charge is 2.06. The van der Waals surface area contributed by atoms with Crippen LogP contribution in [0.3, 0.4) is 0 Å². The van der Waals surface area contributed by atoms with Crippen molar-refractivity contribution in [3.05, 3.63) is 60.3 Å². The Balaban J connectivity index is 2.20. The molecule has 17 heavy (non-hydrogen) atoms. The smallest absolute Gasteiger partial charge is 0.133 e. The molecule has 0 atom stereocenters. The molecule has 3 aromatic rings. The van der Waals surface area contributed by atoms with Gasteiger partial charge in [-0.3, -0.25) is 0 Å². The Kier molecular flexibility index (Phi) is 2.18. The Bertz CT molecular complexity index is 668. The van der Waals surface area contributed by atoms with Crippen molar-refractivity contribution in [1.82, 2.24) is 4.98 Å². The van der Waals surface area contributed by atoms with Gasteiger partial charge in [-0.1, -0.05) is 12.1 Å². The van der Waals surface area contributed by atoms with Crippen LogP contribution < -0.4 is 0 Å². The third-order valence-electron chi connectivity index (χ3n) is 2.80. The standard InChI is InChI=1S/C14H9F2N/c15-11-3-1-9(2-4-11)10-7-13(16)12-5-6-17-14(12)8-10/h1-8,17H. The minimum absolute atomic E-state index is 0.275. The summed E-state index contributed by atoms with van der Waals surface area (Å²) in [5.74, 6) is -0.571. The van der Waals surface area contributed by atoms with Gasteiger partial charge in [0, 0.05) is 17.1 Å². The Morgan fingerprint density at radius 2 is 1.59 bits per heavy atom. The first-order valence-corrected chi connectivity index (χ1v) is 5.26. The van der Waals surface area contributed by atoms with Crippen molar-refractivity contribution in [2.24, 2.45) is 0 Å². The van der Waals surface area contributed by atoms with E-state index < -0.39 is 0 Å². The molecule has 84 valence electrons. The van der Waals surface area contributed by atoms with E-state index in [9.17, 15) is 8.78 Å². The number of hydrogen-bond donors (Lipinski definition) is 1. The van der Waals surface area contributed by atoms with Gasteiger partial charge in [-0.2, -0.15) is 0 Å². The van der Waals surface area contributed by atoms with Crippen molar-refractivity contribution >= 4 is 10.9 Å². The summed E-state index contributed by atoms with van der Waals surface area (Å²) in [7, 11) is 0. The van der Waals surface area contributed by atoms with Crippen LogP contribution in [0, 0.1) is 11.6 Å². The first-order chi connectivity index (χ1) is 8.24. The zero-order chi connectivity index (χ0) is 11.8. The monoisotopic (exact) mass is 229 g/mol. The van der Waals surface area contributed by atoms with E-state index in [1.54, 1.807) is 24.4 Å². The fraction of sp³-hybridized carbons (Fsp3) is 0. The van der Waals surface area contributed by atoms with Crippen LogP contribution in [-0.4, -0.2) is 4.98 Å². The van der Waals surface area contributed by atoms with Crippen LogP contribution in [0.25, 0.3) is 22.0 Å². The molecule has 0 aliphatic heterocycles. The third kappa shape index (κ3) is 1.69. The Morgan fingerprint density at radius 1 is 0.824 bits per heavy atom. The molecule has 0 saturated carbocycles. The molecule has 1 heterocycles. The SMILES string of the molecule is Fc1ccc(-c2cc(F)c3cc[nH]c3c2)cc1. The number of aromatic amines is 1. The minimum Gasteiger partial charge on any atom is -0.361 e. The highest BCUT2D eigenvalue weighted by molar-refractivity contribution is 5.85. The summed E-state index contributed by atoms with van der Waals surface area (Å²) in [5, 5.41) is 0.566. The molecule has 0 fully saturated rings. The lowest BCUT2D eigenvalue weighted by molar-refractivity contribution is 0.628. The van der Waals surface area contributed by atoms with Gasteiger partial charge in [-0.15, -0.1) is 0 Å². The maximum atomic E-state index is 13.8. The van der Waals surface area contributed by atoms with E-state index >= 15 is 0 Å². The van der Waals surface area contributed by atoms with Gasteiger partial charge >= 0.3 is 0 Å². The Labute approximate surface area is 96.7 Å². The summed E-state index contributed by atoms with van der Waals surface area (Å²) in [6, 6.07) is 11.0. The van der Waals surface area contributed by atoms with Crippen molar-refractivity contribution in [3.8, 4) is 11.1 Å². The lowest BCUT2D eigenvalue weighted by atomic mass is 10.0. The van der Waals surface area contributed by atoms with E-state index in [1.165, 1.54) is 18.2 Å². The second kappa shape index (κ2) is 3.70. The van der Waals surface area contributed by atoms with Gasteiger partial charge in [-0.05, 0) is 41.5 Å². The van der Waals surface area contributed by atoms with E-state index in [0.29, 0.717) is 5.39 Å². The fourth-order valence-electron chi connectivity index (χ4n) is 1.93. The lowest BCUT2D eigenvalue weighted by Crippen LogP contribution is -1.83. The van der Waals surface area contributed by atoms with Crippen LogP contribution >= 0.6 is 0 Å². The van der Waals surface area contributed by atoms with E-state index in [4.69, 9.17) is 0 Å². The molecule has 3 rings (SSSR count). The largest absolute Gasteiger partial charge is 0.361 e. The summed E-state index contributed by atoms with van der Waals surface area (Å²) < 4.78 is 26.6. The van der Waals surface area contributed by atoms with Crippen LogP contribution in [0.15, 0.2) is 48.7 Å². The molecule has 1 nitrogen and oxygen atoms in total. The lowest BCUT2D eigenvalue weighted by Gasteiger charge is -2.03. The maximum absolute atomic E-state index is 13.8. The molecule has 0 bridgehead atoms. The van der Waals surface area contributed by atoms with Crippen LogP contribution in [0.2, 0.25) is 0 Å². The Hall–Kier alpha value is -2.16. The van der Waals surface area contributed by atoms with Crippen molar-refractivity contribution in [3.63, 3.8) is 0 Å². The van der Waals surface area contributed by atoms with Gasteiger partial charge in [0.25, 0.3) is 0 Å². The summed E-state index contributed by atoms with van der Waals surface area (Å²) in [4.78, 5) is 2.97. The number of halogens is 2. The molecule has 0 radical (unpaired) electrons. The molecule has 0 spiro atoms. The van der Waals surface area contributed by atoms with Crippen molar-refractivity contribution in [1.29, 1.82) is 0 Å². The van der Waals surface area contributed by atoms with Gasteiger partial charge < -0.3 is 4.98 Å². The number of aromatic nitrogens is 1. The van der Waals surface area contributed by atoms with E-state index in [2.05, 4.69) is 4.98 Å². The van der Waals surface area contributed by atoms with Crippen molar-refractivity contribution in [2.45, 2.75) is 0 Å². The highest BCUT2D eigenvalue weighted by Crippen LogP contribution is 2.26. The van der Waals surface area contributed by atoms with Gasteiger partial charge in [0.05, 0.1) is 0 Å². The molecular formula is C14H9F2N. The average Bonchev–Trinajstić information content (AvgIpc) is 2.78. The van der Waals surface area contributed by atoms with Crippen molar-refractivity contribution < 1.29 is 8.78 Å². The average molecular weight is 229 g/mol. The first kappa shape index (κ1) is 10.0. The number of hydrogen-bond acceptors (Lipinski definition) is 0. The molecule has 2 aromatic carbocycles. The van der Waals surface area contributed by atoms with E-state index in [-0.39, 0.29) is 11.6 Å². The topological polar surface area (TPSA) is 15.8 Å². The van der Waals surface area contributed by atoms with Gasteiger partial charge in [-0.25, -0.2) is 8.78 Å². The number of benzene rings is 2. The van der Waals surface area contributed by atoms with Gasteiger partial charge in [0.15, 0.2) is 0 Å². The zero-order valence-corrected chi connectivity index (χ0v) is 8.87. The number of fused-ring (bicyclic) bond motifs is 1. The number of rotatable bonds is 1. The summed E-state index contributed by atoms with van der Waals surface area (Å²) in [6.07, 6.45) is 1.70. The summed E-state index contributed by atoms with van der Waals surface area (Å²) >= 11 is 0. The predicted octanol–water partition coefficient (Wildman–Crippen LogP) is 4.11. The number of H-pyrrole nitrogens is 1. The highest BCUT2D eigenvalue weighted by atomic mass is 19.1. The summed E-state index contributed by atoms with van der Waals surface area (Å²) in [5.41, 5.74) is 2.27.